The van der Waals surface area contributed by atoms with E-state index in [2.05, 4.69) is 54.0 Å². The molecule has 0 aliphatic carbocycles. The van der Waals surface area contributed by atoms with Crippen molar-refractivity contribution >= 4 is 5.96 Å². The maximum Gasteiger partial charge on any atom is 0.191 e. The summed E-state index contributed by atoms with van der Waals surface area (Å²) < 4.78 is 11.2. The summed E-state index contributed by atoms with van der Waals surface area (Å²) in [6, 6.07) is 18.7. The molecule has 0 radical (unpaired) electrons. The smallest absolute Gasteiger partial charge is 0.191 e. The van der Waals surface area contributed by atoms with Crippen molar-refractivity contribution in [3.05, 3.63) is 65.7 Å². The van der Waals surface area contributed by atoms with Crippen LogP contribution in [0.25, 0.3) is 0 Å². The minimum atomic E-state index is 0.145. The lowest BCUT2D eigenvalue weighted by molar-refractivity contribution is 0.0925. The first-order valence-corrected chi connectivity index (χ1v) is 10.1. The van der Waals surface area contributed by atoms with Crippen LogP contribution in [0.3, 0.4) is 0 Å². The van der Waals surface area contributed by atoms with E-state index in [4.69, 9.17) is 14.5 Å². The molecule has 2 aromatic rings. The molecular weight excluding hydrogens is 350 g/mol. The Balaban J connectivity index is 1.53. The van der Waals surface area contributed by atoms with Crippen LogP contribution in [0.2, 0.25) is 0 Å². The Labute approximate surface area is 168 Å². The maximum absolute atomic E-state index is 5.98. The molecule has 2 aromatic carbocycles. The predicted molar refractivity (Wildman–Crippen MR) is 114 cm³/mol. The summed E-state index contributed by atoms with van der Waals surface area (Å²) in [5.74, 6) is 2.17. The quantitative estimate of drug-likeness (QED) is 0.542. The molecule has 0 amide bonds. The molecule has 0 bridgehead atoms. The van der Waals surface area contributed by atoms with Gasteiger partial charge in [0.15, 0.2) is 5.96 Å². The van der Waals surface area contributed by atoms with Gasteiger partial charge in [0.1, 0.15) is 5.75 Å². The number of aliphatic imine (C=N–C) groups is 1. The summed E-state index contributed by atoms with van der Waals surface area (Å²) >= 11 is 0. The van der Waals surface area contributed by atoms with E-state index < -0.39 is 0 Å². The first-order valence-electron chi connectivity index (χ1n) is 10.1. The van der Waals surface area contributed by atoms with Crippen molar-refractivity contribution in [1.29, 1.82) is 0 Å². The summed E-state index contributed by atoms with van der Waals surface area (Å²) in [7, 11) is 1.69. The Kier molecular flexibility index (Phi) is 7.73. The van der Waals surface area contributed by atoms with Crippen molar-refractivity contribution in [2.45, 2.75) is 25.9 Å². The SMILES string of the molecule is CCNC(=NCC1CCOC1c1ccccc1)NCCc1ccc(OC)cc1. The molecule has 150 valence electrons. The molecule has 28 heavy (non-hydrogen) atoms. The predicted octanol–water partition coefficient (Wildman–Crippen LogP) is 3.57. The van der Waals surface area contributed by atoms with Gasteiger partial charge in [-0.3, -0.25) is 4.99 Å². The number of rotatable bonds is 8. The van der Waals surface area contributed by atoms with Crippen LogP contribution >= 0.6 is 0 Å². The summed E-state index contributed by atoms with van der Waals surface area (Å²) in [6.45, 7) is 5.34. The number of ether oxygens (including phenoxy) is 2. The highest BCUT2D eigenvalue weighted by Crippen LogP contribution is 2.34. The largest absolute Gasteiger partial charge is 0.497 e. The van der Waals surface area contributed by atoms with E-state index in [1.54, 1.807) is 7.11 Å². The molecule has 2 atom stereocenters. The van der Waals surface area contributed by atoms with Gasteiger partial charge in [-0.15, -0.1) is 0 Å². The minimum absolute atomic E-state index is 0.145. The van der Waals surface area contributed by atoms with Crippen LogP contribution in [0.15, 0.2) is 59.6 Å². The number of hydrogen-bond acceptors (Lipinski definition) is 3. The maximum atomic E-state index is 5.98. The fourth-order valence-corrected chi connectivity index (χ4v) is 3.50. The number of methoxy groups -OCH3 is 1. The van der Waals surface area contributed by atoms with Gasteiger partial charge in [-0.1, -0.05) is 42.5 Å². The van der Waals surface area contributed by atoms with Crippen LogP contribution in [-0.2, 0) is 11.2 Å². The highest BCUT2D eigenvalue weighted by atomic mass is 16.5. The molecule has 0 saturated carbocycles. The molecule has 5 heteroatoms. The number of hydrogen-bond donors (Lipinski definition) is 2. The van der Waals surface area contributed by atoms with Crippen LogP contribution in [0, 0.1) is 5.92 Å². The molecule has 1 aliphatic heterocycles. The first kappa shape index (κ1) is 20.2. The Bertz CT molecular complexity index is 731. The zero-order valence-electron chi connectivity index (χ0n) is 16.9. The van der Waals surface area contributed by atoms with E-state index in [1.165, 1.54) is 11.1 Å². The van der Waals surface area contributed by atoms with Crippen LogP contribution in [0.5, 0.6) is 5.75 Å². The molecule has 1 fully saturated rings. The molecule has 5 nitrogen and oxygen atoms in total. The van der Waals surface area contributed by atoms with Gasteiger partial charge >= 0.3 is 0 Å². The number of nitrogens with one attached hydrogen (secondary N) is 2. The molecule has 1 saturated heterocycles. The lowest BCUT2D eigenvalue weighted by atomic mass is 9.95. The normalized spacial score (nSPS) is 19.4. The van der Waals surface area contributed by atoms with Crippen molar-refractivity contribution in [2.75, 3.05) is 33.4 Å². The lowest BCUT2D eigenvalue weighted by Crippen LogP contribution is -2.38. The zero-order chi connectivity index (χ0) is 19.6. The number of benzene rings is 2. The van der Waals surface area contributed by atoms with Crippen molar-refractivity contribution in [1.82, 2.24) is 10.6 Å². The molecular formula is C23H31N3O2. The van der Waals surface area contributed by atoms with Gasteiger partial charge in [0.05, 0.1) is 13.2 Å². The Morgan fingerprint density at radius 1 is 1.11 bits per heavy atom. The van der Waals surface area contributed by atoms with Crippen molar-refractivity contribution in [3.8, 4) is 5.75 Å². The lowest BCUT2D eigenvalue weighted by Gasteiger charge is -2.18. The van der Waals surface area contributed by atoms with Crippen LogP contribution in [0.1, 0.15) is 30.6 Å². The van der Waals surface area contributed by atoms with E-state index in [1.807, 2.05) is 18.2 Å². The monoisotopic (exact) mass is 381 g/mol. The molecule has 0 aromatic heterocycles. The van der Waals surface area contributed by atoms with Gasteiger partial charge in [0, 0.05) is 32.2 Å². The second kappa shape index (κ2) is 10.7. The standard InChI is InChI=1S/C23H31N3O2/c1-3-24-23(25-15-13-18-9-11-21(27-2)12-10-18)26-17-20-14-16-28-22(20)19-7-5-4-6-8-19/h4-12,20,22H,3,13-17H2,1-2H3,(H2,24,25,26). The fourth-order valence-electron chi connectivity index (χ4n) is 3.50. The average Bonchev–Trinajstić information content (AvgIpc) is 3.22. The fraction of sp³-hybridized carbons (Fsp3) is 0.435. The van der Waals surface area contributed by atoms with E-state index in [-0.39, 0.29) is 6.10 Å². The second-order valence-corrected chi connectivity index (χ2v) is 7.00. The molecule has 0 spiro atoms. The van der Waals surface area contributed by atoms with Crippen LogP contribution < -0.4 is 15.4 Å². The molecule has 1 aliphatic rings. The van der Waals surface area contributed by atoms with Crippen molar-refractivity contribution < 1.29 is 9.47 Å². The molecule has 2 unspecified atom stereocenters. The second-order valence-electron chi connectivity index (χ2n) is 7.00. The van der Waals surface area contributed by atoms with Crippen LogP contribution in [-0.4, -0.2) is 39.3 Å². The third-order valence-corrected chi connectivity index (χ3v) is 5.04. The van der Waals surface area contributed by atoms with Gasteiger partial charge in [-0.25, -0.2) is 0 Å². The molecule has 1 heterocycles. The highest BCUT2D eigenvalue weighted by molar-refractivity contribution is 5.79. The van der Waals surface area contributed by atoms with Crippen molar-refractivity contribution in [2.24, 2.45) is 10.9 Å². The summed E-state index contributed by atoms with van der Waals surface area (Å²) in [5.41, 5.74) is 2.52. The molecule has 3 rings (SSSR count). The van der Waals surface area contributed by atoms with Gasteiger partial charge in [-0.2, -0.15) is 0 Å². The average molecular weight is 382 g/mol. The number of guanidine groups is 1. The van der Waals surface area contributed by atoms with E-state index >= 15 is 0 Å². The van der Waals surface area contributed by atoms with Crippen molar-refractivity contribution in [3.63, 3.8) is 0 Å². The Morgan fingerprint density at radius 2 is 1.89 bits per heavy atom. The first-order chi connectivity index (χ1) is 13.8. The summed E-state index contributed by atoms with van der Waals surface area (Å²) in [5, 5.41) is 6.79. The molecule has 2 N–H and O–H groups in total. The van der Waals surface area contributed by atoms with E-state index in [0.717, 1.165) is 50.8 Å². The summed E-state index contributed by atoms with van der Waals surface area (Å²) in [4.78, 5) is 4.82. The Hall–Kier alpha value is -2.53. The third-order valence-electron chi connectivity index (χ3n) is 5.04. The Morgan fingerprint density at radius 3 is 2.61 bits per heavy atom. The van der Waals surface area contributed by atoms with Gasteiger partial charge in [0.25, 0.3) is 0 Å². The number of nitrogens with zero attached hydrogens (tertiary/aromatic N) is 1. The zero-order valence-corrected chi connectivity index (χ0v) is 16.9. The highest BCUT2D eigenvalue weighted by Gasteiger charge is 2.29. The third kappa shape index (κ3) is 5.73. The van der Waals surface area contributed by atoms with E-state index in [0.29, 0.717) is 5.92 Å². The van der Waals surface area contributed by atoms with Gasteiger partial charge < -0.3 is 20.1 Å². The topological polar surface area (TPSA) is 54.9 Å². The van der Waals surface area contributed by atoms with Gasteiger partial charge in [0.2, 0.25) is 0 Å². The summed E-state index contributed by atoms with van der Waals surface area (Å²) in [6.07, 6.45) is 2.13. The van der Waals surface area contributed by atoms with E-state index in [9.17, 15) is 0 Å². The van der Waals surface area contributed by atoms with Gasteiger partial charge in [-0.05, 0) is 43.0 Å². The van der Waals surface area contributed by atoms with Crippen LogP contribution in [0.4, 0.5) is 0 Å². The minimum Gasteiger partial charge on any atom is -0.497 e.